The Labute approximate surface area is 199 Å². The van der Waals surface area contributed by atoms with Crippen molar-refractivity contribution < 1.29 is 10.2 Å². The van der Waals surface area contributed by atoms with E-state index in [2.05, 4.69) is 50.0 Å². The molecule has 0 spiro atoms. The van der Waals surface area contributed by atoms with E-state index in [4.69, 9.17) is 4.99 Å². The van der Waals surface area contributed by atoms with Gasteiger partial charge in [-0.1, -0.05) is 44.2 Å². The number of aliphatic imine (C=N–C) groups is 1. The molecule has 4 nitrogen and oxygen atoms in total. The Morgan fingerprint density at radius 1 is 1.12 bits per heavy atom. The maximum atomic E-state index is 10.3. The Bertz CT molecular complexity index is 926. The topological polar surface area (TPSA) is 64.9 Å². The van der Waals surface area contributed by atoms with E-state index in [1.54, 1.807) is 0 Å². The lowest BCUT2D eigenvalue weighted by Crippen LogP contribution is -2.53. The summed E-state index contributed by atoms with van der Waals surface area (Å²) >= 11 is 0. The molecule has 0 aromatic heterocycles. The highest BCUT2D eigenvalue weighted by Gasteiger charge is 2.56. The summed E-state index contributed by atoms with van der Waals surface area (Å²) in [5.74, 6) is 1.99. The van der Waals surface area contributed by atoms with Crippen LogP contribution in [0.25, 0.3) is 0 Å². The van der Waals surface area contributed by atoms with Gasteiger partial charge in [0.2, 0.25) is 0 Å². The Hall–Kier alpha value is -1.49. The standard InChI is InChI=1S/C29H42N2O2/c1-19-8-9-25-24(17-30-16-22-14-20-6-4-5-7-27(20)31-22)26(11-13-28(19,25)2)29(3)12-10-23(33)15-21(29)18-32/h4-7,21,23-26,30,32-33H,1,8-18H2,2-3H3/t21-,23+,24+,25+,26+,28-,29+/m1/s1. The molecular weight excluding hydrogens is 408 g/mol. The number of rotatable bonds is 6. The summed E-state index contributed by atoms with van der Waals surface area (Å²) in [5, 5.41) is 24.4. The third-order valence-corrected chi connectivity index (χ3v) is 10.3. The van der Waals surface area contributed by atoms with Gasteiger partial charge in [0.1, 0.15) is 0 Å². The zero-order valence-electron chi connectivity index (χ0n) is 20.5. The van der Waals surface area contributed by atoms with Crippen LogP contribution in [0.1, 0.15) is 64.4 Å². The number of allylic oxidation sites excluding steroid dienone is 1. The molecule has 0 amide bonds. The second-order valence-corrected chi connectivity index (χ2v) is 11.9. The van der Waals surface area contributed by atoms with Crippen LogP contribution in [-0.4, -0.2) is 41.7 Å². The number of hydrogen-bond donors (Lipinski definition) is 3. The maximum absolute atomic E-state index is 10.3. The molecule has 4 aliphatic rings. The number of nitrogens with one attached hydrogen (secondary N) is 1. The Morgan fingerprint density at radius 3 is 2.73 bits per heavy atom. The minimum absolute atomic E-state index is 0.0900. The van der Waals surface area contributed by atoms with Gasteiger partial charge in [0.25, 0.3) is 0 Å². The van der Waals surface area contributed by atoms with Crippen molar-refractivity contribution in [1.82, 2.24) is 5.32 Å². The molecule has 0 radical (unpaired) electrons. The van der Waals surface area contributed by atoms with Crippen molar-refractivity contribution in [3.05, 3.63) is 42.0 Å². The van der Waals surface area contributed by atoms with Crippen LogP contribution in [-0.2, 0) is 6.42 Å². The van der Waals surface area contributed by atoms with E-state index in [0.29, 0.717) is 17.8 Å². The van der Waals surface area contributed by atoms with Gasteiger partial charge in [-0.05, 0) is 97.6 Å². The fraction of sp³-hybridized carbons (Fsp3) is 0.690. The van der Waals surface area contributed by atoms with Gasteiger partial charge in [-0.25, -0.2) is 0 Å². The normalized spacial score (nSPS) is 40.4. The van der Waals surface area contributed by atoms with Crippen LogP contribution in [0.15, 0.2) is 41.4 Å². The lowest BCUT2D eigenvalue weighted by molar-refractivity contribution is -0.0931. The predicted octanol–water partition coefficient (Wildman–Crippen LogP) is 5.06. The third kappa shape index (κ3) is 4.02. The average Bonchev–Trinajstić information content (AvgIpc) is 3.36. The molecule has 3 fully saturated rings. The zero-order chi connectivity index (χ0) is 23.2. The molecule has 0 bridgehead atoms. The third-order valence-electron chi connectivity index (χ3n) is 10.3. The van der Waals surface area contributed by atoms with E-state index in [-0.39, 0.29) is 29.5 Å². The molecule has 5 rings (SSSR count). The van der Waals surface area contributed by atoms with Crippen molar-refractivity contribution in [3.8, 4) is 0 Å². The molecule has 1 aliphatic heterocycles. The van der Waals surface area contributed by atoms with Crippen molar-refractivity contribution in [2.75, 3.05) is 19.7 Å². The quantitative estimate of drug-likeness (QED) is 0.531. The van der Waals surface area contributed by atoms with E-state index < -0.39 is 0 Å². The van der Waals surface area contributed by atoms with Crippen molar-refractivity contribution in [1.29, 1.82) is 0 Å². The predicted molar refractivity (Wildman–Crippen MR) is 135 cm³/mol. The van der Waals surface area contributed by atoms with Crippen LogP contribution in [0.2, 0.25) is 0 Å². The Morgan fingerprint density at radius 2 is 1.94 bits per heavy atom. The van der Waals surface area contributed by atoms with Crippen LogP contribution in [0.5, 0.6) is 0 Å². The monoisotopic (exact) mass is 450 g/mol. The highest BCUT2D eigenvalue weighted by Crippen LogP contribution is 2.63. The van der Waals surface area contributed by atoms with Crippen LogP contribution >= 0.6 is 0 Å². The van der Waals surface area contributed by atoms with E-state index in [9.17, 15) is 10.2 Å². The lowest BCUT2D eigenvalue weighted by Gasteiger charge is -2.56. The van der Waals surface area contributed by atoms with Gasteiger partial charge in [0.05, 0.1) is 11.8 Å². The van der Waals surface area contributed by atoms with Gasteiger partial charge in [0, 0.05) is 25.3 Å². The first-order chi connectivity index (χ1) is 15.8. The van der Waals surface area contributed by atoms with E-state index >= 15 is 0 Å². The van der Waals surface area contributed by atoms with Gasteiger partial charge in [0.15, 0.2) is 0 Å². The molecule has 0 saturated heterocycles. The first-order valence-electron chi connectivity index (χ1n) is 13.2. The van der Waals surface area contributed by atoms with Gasteiger partial charge in [-0.3, -0.25) is 4.99 Å². The van der Waals surface area contributed by atoms with Crippen molar-refractivity contribution >= 4 is 11.4 Å². The summed E-state index contributed by atoms with van der Waals surface area (Å²) < 4.78 is 0. The summed E-state index contributed by atoms with van der Waals surface area (Å²) in [6.07, 6.45) is 8.15. The Kier molecular flexibility index (Phi) is 6.30. The zero-order valence-corrected chi connectivity index (χ0v) is 20.5. The SMILES string of the molecule is C=C1CC[C@H]2[C@H](CNCC3=Nc4ccccc4C3)[C@@H]([C@@]3(C)CC[C@H](O)C[C@@H]3CO)CC[C@]12C. The number of benzene rings is 1. The molecule has 180 valence electrons. The van der Waals surface area contributed by atoms with E-state index in [0.717, 1.165) is 50.9 Å². The molecule has 0 unspecified atom stereocenters. The van der Waals surface area contributed by atoms with Crippen molar-refractivity contribution in [2.45, 2.75) is 71.3 Å². The minimum atomic E-state index is -0.256. The molecule has 3 N–H and O–H groups in total. The second kappa shape index (κ2) is 8.94. The molecule has 1 aromatic rings. The van der Waals surface area contributed by atoms with Crippen LogP contribution in [0.4, 0.5) is 5.69 Å². The fourth-order valence-corrected chi connectivity index (χ4v) is 8.15. The van der Waals surface area contributed by atoms with E-state index in [1.165, 1.54) is 36.1 Å². The molecular formula is C29H42N2O2. The smallest absolute Gasteiger partial charge is 0.0665 e. The summed E-state index contributed by atoms with van der Waals surface area (Å²) in [6.45, 7) is 11.4. The molecule has 3 aliphatic carbocycles. The maximum Gasteiger partial charge on any atom is 0.0665 e. The van der Waals surface area contributed by atoms with Gasteiger partial charge < -0.3 is 15.5 Å². The molecule has 4 heteroatoms. The number of aliphatic hydroxyl groups excluding tert-OH is 2. The average molecular weight is 451 g/mol. The van der Waals surface area contributed by atoms with E-state index in [1.807, 2.05) is 0 Å². The minimum Gasteiger partial charge on any atom is -0.396 e. The summed E-state index contributed by atoms with van der Waals surface area (Å²) in [4.78, 5) is 4.86. The number of para-hydroxylation sites is 1. The number of fused-ring (bicyclic) bond motifs is 2. The van der Waals surface area contributed by atoms with Crippen molar-refractivity contribution in [2.24, 2.45) is 39.5 Å². The van der Waals surface area contributed by atoms with Gasteiger partial charge >= 0.3 is 0 Å². The number of hydrogen-bond acceptors (Lipinski definition) is 4. The summed E-state index contributed by atoms with van der Waals surface area (Å²) in [7, 11) is 0. The second-order valence-electron chi connectivity index (χ2n) is 11.9. The number of aliphatic hydroxyl groups is 2. The first kappa shape index (κ1) is 23.3. The van der Waals surface area contributed by atoms with Crippen molar-refractivity contribution in [3.63, 3.8) is 0 Å². The molecule has 1 heterocycles. The molecule has 33 heavy (non-hydrogen) atoms. The number of nitrogens with zero attached hydrogens (tertiary/aromatic N) is 1. The molecule has 3 saturated carbocycles. The summed E-state index contributed by atoms with van der Waals surface area (Å²) in [6, 6.07) is 8.47. The van der Waals surface area contributed by atoms with Crippen LogP contribution in [0, 0.1) is 34.5 Å². The highest BCUT2D eigenvalue weighted by atomic mass is 16.3. The van der Waals surface area contributed by atoms with Gasteiger partial charge in [-0.2, -0.15) is 0 Å². The Balaban J connectivity index is 1.34. The molecule has 7 atom stereocenters. The highest BCUT2D eigenvalue weighted by molar-refractivity contribution is 5.95. The van der Waals surface area contributed by atoms with Gasteiger partial charge in [-0.15, -0.1) is 0 Å². The lowest BCUT2D eigenvalue weighted by atomic mass is 9.49. The largest absolute Gasteiger partial charge is 0.396 e. The van der Waals surface area contributed by atoms with Crippen LogP contribution in [0.3, 0.4) is 0 Å². The fourth-order valence-electron chi connectivity index (χ4n) is 8.15. The van der Waals surface area contributed by atoms with Crippen LogP contribution < -0.4 is 5.32 Å². The first-order valence-corrected chi connectivity index (χ1v) is 13.2. The molecule has 1 aromatic carbocycles. The summed E-state index contributed by atoms with van der Waals surface area (Å²) in [5.41, 5.74) is 5.50.